The fraction of sp³-hybridized carbons (Fsp3) is 0.387. The highest BCUT2D eigenvalue weighted by Crippen LogP contribution is 2.66. The zero-order chi connectivity index (χ0) is 36.1. The highest BCUT2D eigenvalue weighted by atomic mass is 127. The van der Waals surface area contributed by atoms with E-state index in [1.165, 1.54) is 25.3 Å². The minimum atomic E-state index is -2.74. The SMILES string of the molecule is COc1cc([C@H]2C3=CC[C@@H]4C(=O)N(CCCC(=O)O)C(=O)[C@@H]4[C@@H]3C[C@@]3(Cl)C(=O)N(c4c(F)c(F)c(F)c(F)c4F)C(=O)[C@@]23Cl)cc(I)c1O. The molecule has 6 rings (SSSR count). The molecule has 2 aliphatic carbocycles. The van der Waals surface area contributed by atoms with Gasteiger partial charge in [0.1, 0.15) is 5.69 Å². The molecule has 2 saturated heterocycles. The Kier molecular flexibility index (Phi) is 8.70. The van der Waals surface area contributed by atoms with Crippen molar-refractivity contribution in [2.75, 3.05) is 18.6 Å². The van der Waals surface area contributed by atoms with E-state index in [0.717, 1.165) is 4.90 Å². The zero-order valence-electron chi connectivity index (χ0n) is 24.8. The molecule has 0 radical (unpaired) electrons. The van der Waals surface area contributed by atoms with Crippen LogP contribution in [0.1, 0.15) is 37.2 Å². The van der Waals surface area contributed by atoms with Crippen LogP contribution in [-0.2, 0) is 24.0 Å². The number of fused-ring (bicyclic) bond motifs is 4. The number of halogens is 8. The van der Waals surface area contributed by atoms with Gasteiger partial charge in [-0.2, -0.15) is 0 Å². The lowest BCUT2D eigenvalue weighted by Crippen LogP contribution is -2.60. The van der Waals surface area contributed by atoms with Crippen molar-refractivity contribution >= 4 is 81.1 Å². The van der Waals surface area contributed by atoms with Crippen molar-refractivity contribution in [3.8, 4) is 11.5 Å². The number of carbonyl (C=O) groups is 5. The Morgan fingerprint density at radius 3 is 2.18 bits per heavy atom. The average Bonchev–Trinajstić information content (AvgIpc) is 3.38. The number of carboxylic acid groups (broad SMARTS) is 1. The molecule has 260 valence electrons. The first-order valence-electron chi connectivity index (χ1n) is 14.6. The fourth-order valence-corrected chi connectivity index (χ4v) is 9.09. The van der Waals surface area contributed by atoms with Crippen LogP contribution in [0.5, 0.6) is 11.5 Å². The Bertz CT molecular complexity index is 1900. The van der Waals surface area contributed by atoms with Gasteiger partial charge in [0.15, 0.2) is 44.5 Å². The van der Waals surface area contributed by atoms with E-state index in [0.29, 0.717) is 0 Å². The summed E-state index contributed by atoms with van der Waals surface area (Å²) < 4.78 is 78.5. The molecule has 2 aromatic carbocycles. The number of phenolic OH excluding ortho intramolecular Hbond substituents is 1. The molecule has 0 aromatic heterocycles. The summed E-state index contributed by atoms with van der Waals surface area (Å²) in [6.45, 7) is -0.229. The Hall–Kier alpha value is -3.51. The summed E-state index contributed by atoms with van der Waals surface area (Å²) in [6.07, 6.45) is 0.359. The third-order valence-corrected chi connectivity index (χ3v) is 11.9. The number of aliphatic carboxylic acids is 1. The van der Waals surface area contributed by atoms with E-state index in [9.17, 15) is 42.3 Å². The third-order valence-electron chi connectivity index (χ3n) is 9.69. The quantitative estimate of drug-likeness (QED) is 0.0745. The summed E-state index contributed by atoms with van der Waals surface area (Å²) in [5.41, 5.74) is -1.63. The number of allylic oxidation sites excluding steroid dienone is 2. The van der Waals surface area contributed by atoms with Crippen LogP contribution in [0.15, 0.2) is 23.8 Å². The minimum Gasteiger partial charge on any atom is -0.504 e. The lowest BCUT2D eigenvalue weighted by molar-refractivity contribution is -0.142. The third kappa shape index (κ3) is 4.79. The number of hydrogen-bond donors (Lipinski definition) is 2. The van der Waals surface area contributed by atoms with Gasteiger partial charge in [-0.15, -0.1) is 23.2 Å². The van der Waals surface area contributed by atoms with Gasteiger partial charge in [-0.05, 0) is 65.5 Å². The van der Waals surface area contributed by atoms with E-state index in [1.807, 2.05) is 0 Å². The number of phenols is 1. The number of ether oxygens (including phenoxy) is 1. The van der Waals surface area contributed by atoms with Gasteiger partial charge < -0.3 is 14.9 Å². The van der Waals surface area contributed by atoms with Crippen molar-refractivity contribution in [1.82, 2.24) is 4.90 Å². The average molecular weight is 843 g/mol. The number of nitrogens with zero attached hydrogens (tertiary/aromatic N) is 2. The summed E-state index contributed by atoms with van der Waals surface area (Å²) in [5.74, 6) is -23.5. The normalized spacial score (nSPS) is 29.2. The molecule has 49 heavy (non-hydrogen) atoms. The second kappa shape index (κ2) is 12.1. The van der Waals surface area contributed by atoms with Gasteiger partial charge >= 0.3 is 5.97 Å². The van der Waals surface area contributed by atoms with Crippen molar-refractivity contribution in [3.63, 3.8) is 0 Å². The van der Waals surface area contributed by atoms with E-state index >= 15 is 8.78 Å². The Morgan fingerprint density at radius 1 is 0.980 bits per heavy atom. The van der Waals surface area contributed by atoms with Crippen molar-refractivity contribution in [1.29, 1.82) is 0 Å². The molecule has 1 saturated carbocycles. The van der Waals surface area contributed by atoms with Gasteiger partial charge in [0.2, 0.25) is 17.6 Å². The molecule has 4 amide bonds. The highest BCUT2D eigenvalue weighted by Gasteiger charge is 2.77. The number of anilines is 1. The largest absolute Gasteiger partial charge is 0.504 e. The van der Waals surface area contributed by atoms with Crippen LogP contribution in [0.4, 0.5) is 27.6 Å². The number of imide groups is 2. The lowest BCUT2D eigenvalue weighted by atomic mass is 9.56. The number of hydrogen-bond acceptors (Lipinski definition) is 7. The van der Waals surface area contributed by atoms with E-state index in [-0.39, 0.29) is 56.9 Å². The van der Waals surface area contributed by atoms with E-state index in [4.69, 9.17) is 33.0 Å². The summed E-state index contributed by atoms with van der Waals surface area (Å²) in [7, 11) is 1.21. The fourth-order valence-electron chi connectivity index (χ4n) is 7.53. The second-order valence-corrected chi connectivity index (χ2v) is 14.5. The molecule has 0 spiro atoms. The topological polar surface area (TPSA) is 142 Å². The Morgan fingerprint density at radius 2 is 1.59 bits per heavy atom. The van der Waals surface area contributed by atoms with Gasteiger partial charge in [-0.1, -0.05) is 11.6 Å². The number of likely N-dealkylation sites (tertiary alicyclic amines) is 1. The maximum Gasteiger partial charge on any atom is 0.303 e. The van der Waals surface area contributed by atoms with E-state index < -0.39 is 104 Å². The summed E-state index contributed by atoms with van der Waals surface area (Å²) in [6, 6.07) is 2.59. The zero-order valence-corrected chi connectivity index (χ0v) is 28.5. The van der Waals surface area contributed by atoms with Gasteiger partial charge in [0.05, 0.1) is 22.5 Å². The second-order valence-electron chi connectivity index (χ2n) is 12.1. The van der Waals surface area contributed by atoms with Crippen LogP contribution in [0, 0.1) is 50.4 Å². The molecule has 4 aliphatic rings. The van der Waals surface area contributed by atoms with Gasteiger partial charge in [-0.3, -0.25) is 28.9 Å². The van der Waals surface area contributed by atoms with Gasteiger partial charge in [0.25, 0.3) is 11.8 Å². The van der Waals surface area contributed by atoms with E-state index in [1.54, 1.807) is 22.6 Å². The van der Waals surface area contributed by atoms with Crippen LogP contribution in [0.3, 0.4) is 0 Å². The number of benzene rings is 2. The molecular weight excluding hydrogens is 821 g/mol. The first kappa shape index (κ1) is 35.3. The monoisotopic (exact) mass is 842 g/mol. The van der Waals surface area contributed by atoms with Crippen LogP contribution >= 0.6 is 45.8 Å². The predicted octanol–water partition coefficient (Wildman–Crippen LogP) is 5.13. The summed E-state index contributed by atoms with van der Waals surface area (Å²) in [5, 5.41) is 19.6. The van der Waals surface area contributed by atoms with Crippen molar-refractivity contribution in [2.45, 2.75) is 41.3 Å². The maximum atomic E-state index is 15.2. The number of alkyl halides is 2. The smallest absolute Gasteiger partial charge is 0.303 e. The van der Waals surface area contributed by atoms with E-state index in [2.05, 4.69) is 0 Å². The molecule has 6 atom stereocenters. The van der Waals surface area contributed by atoms with Crippen LogP contribution in [-0.4, -0.2) is 68.1 Å². The summed E-state index contributed by atoms with van der Waals surface area (Å²) in [4.78, 5) is 62.1. The van der Waals surface area contributed by atoms with Crippen molar-refractivity contribution < 1.29 is 60.9 Å². The number of carbonyl (C=O) groups excluding carboxylic acids is 4. The number of methoxy groups -OCH3 is 1. The number of amides is 4. The first-order valence-corrected chi connectivity index (χ1v) is 16.4. The Balaban J connectivity index is 1.56. The summed E-state index contributed by atoms with van der Waals surface area (Å²) >= 11 is 15.9. The van der Waals surface area contributed by atoms with Crippen LogP contribution in [0.25, 0.3) is 0 Å². The maximum absolute atomic E-state index is 15.2. The van der Waals surface area contributed by atoms with Crippen molar-refractivity contribution in [3.05, 3.63) is 62.0 Å². The highest BCUT2D eigenvalue weighted by molar-refractivity contribution is 14.1. The molecule has 2 aliphatic heterocycles. The first-order chi connectivity index (χ1) is 22.9. The molecule has 10 nitrogen and oxygen atoms in total. The molecule has 2 heterocycles. The standard InChI is InChI=1S/C31H22Cl2F5IN2O8/c1-49-15-8-10(7-14(39)25(15)44)18-11-4-5-12-17(27(46)40(26(12)45)6-2-3-16(42)43)13(11)9-30(32)28(47)41(29(48)31(18,30)33)24-22(37)20(35)19(34)21(36)23(24)38/h4,7-8,12-13,17-18,44H,2-3,5-6,9H2,1H3,(H,42,43)/t12-,13+,17-,18-,30+,31-/m0/s1. The molecule has 18 heteroatoms. The number of aromatic hydroxyl groups is 1. The number of rotatable bonds is 7. The lowest BCUT2D eigenvalue weighted by Gasteiger charge is -2.50. The predicted molar refractivity (Wildman–Crippen MR) is 167 cm³/mol. The van der Waals surface area contributed by atoms with Crippen LogP contribution in [0.2, 0.25) is 0 Å². The van der Waals surface area contributed by atoms with Crippen molar-refractivity contribution in [2.24, 2.45) is 17.8 Å². The molecule has 0 unspecified atom stereocenters. The van der Waals surface area contributed by atoms with Crippen LogP contribution < -0.4 is 9.64 Å². The molecule has 2 aromatic rings. The number of carboxylic acids is 1. The minimum absolute atomic E-state index is 0.0559. The Labute approximate surface area is 296 Å². The molecule has 2 N–H and O–H groups in total. The molecular formula is C31H22Cl2F5IN2O8. The van der Waals surface area contributed by atoms with Gasteiger partial charge in [-0.25, -0.2) is 26.9 Å². The molecule has 0 bridgehead atoms. The molecule has 3 fully saturated rings. The van der Waals surface area contributed by atoms with Gasteiger partial charge in [0, 0.05) is 18.9 Å².